The second kappa shape index (κ2) is 12.6. The molecule has 1 aliphatic rings. The maximum Gasteiger partial charge on any atom is 0.258 e. The molecule has 1 aliphatic carbocycles. The molecule has 2 aromatic rings. The number of thioether (sulfide) groups is 1. The summed E-state index contributed by atoms with van der Waals surface area (Å²) in [6.07, 6.45) is 6.74. The van der Waals surface area contributed by atoms with Gasteiger partial charge < -0.3 is 16.5 Å². The van der Waals surface area contributed by atoms with Gasteiger partial charge in [0.15, 0.2) is 22.5 Å². The van der Waals surface area contributed by atoms with Crippen LogP contribution in [0.25, 0.3) is 0 Å². The number of nitrogens with zero attached hydrogens (tertiary/aromatic N) is 2. The van der Waals surface area contributed by atoms with Crippen LogP contribution >= 0.6 is 11.8 Å². The third kappa shape index (κ3) is 6.95. The molecule has 3 rings (SSSR count). The third-order valence-corrected chi connectivity index (χ3v) is 6.39. The molecule has 0 spiro atoms. The molecule has 0 aliphatic heterocycles. The van der Waals surface area contributed by atoms with E-state index in [1.807, 2.05) is 0 Å². The van der Waals surface area contributed by atoms with Crippen LogP contribution in [0.4, 0.5) is 15.9 Å². The summed E-state index contributed by atoms with van der Waals surface area (Å²) in [5.74, 6) is 4.78. The number of aliphatic imine (C=N–C) groups is 1. The van der Waals surface area contributed by atoms with Gasteiger partial charge in [0.05, 0.1) is 12.7 Å². The third-order valence-electron chi connectivity index (χ3n) is 5.37. The smallest absolute Gasteiger partial charge is 0.258 e. The highest BCUT2D eigenvalue weighted by Crippen LogP contribution is 2.34. The van der Waals surface area contributed by atoms with E-state index in [1.54, 1.807) is 24.4 Å². The first-order valence-electron chi connectivity index (χ1n) is 10.9. The SMILES string of the molecule is CO[NH2+]c1ccc(SC(=NCCCN)NN)c(C(=O)Nc2ncc(C3CCCC3)cc2F)c1. The number of amidine groups is 1. The normalized spacial score (nSPS) is 14.5. The zero-order chi connectivity index (χ0) is 23.6. The predicted molar refractivity (Wildman–Crippen MR) is 128 cm³/mol. The van der Waals surface area contributed by atoms with Gasteiger partial charge in [-0.1, -0.05) is 24.6 Å². The van der Waals surface area contributed by atoms with Gasteiger partial charge in [0, 0.05) is 29.8 Å². The van der Waals surface area contributed by atoms with Gasteiger partial charge >= 0.3 is 0 Å². The van der Waals surface area contributed by atoms with Crippen LogP contribution in [0.1, 0.15) is 53.9 Å². The number of hydrogen-bond acceptors (Lipinski definition) is 7. The number of amides is 1. The highest BCUT2D eigenvalue weighted by atomic mass is 32.2. The quantitative estimate of drug-likeness (QED) is 0.0709. The zero-order valence-electron chi connectivity index (χ0n) is 18.6. The molecule has 0 atom stereocenters. The van der Waals surface area contributed by atoms with Gasteiger partial charge in [0.25, 0.3) is 5.91 Å². The lowest BCUT2D eigenvalue weighted by Crippen LogP contribution is -2.76. The number of anilines is 1. The van der Waals surface area contributed by atoms with Crippen molar-refractivity contribution in [2.75, 3.05) is 25.5 Å². The molecule has 1 saturated carbocycles. The molecular formula is C22H31FN7O2S+. The fourth-order valence-corrected chi connectivity index (χ4v) is 4.53. The first kappa shape index (κ1) is 25.1. The number of halogens is 1. The highest BCUT2D eigenvalue weighted by Gasteiger charge is 2.21. The molecule has 9 nitrogen and oxygen atoms in total. The minimum Gasteiger partial charge on any atom is -0.330 e. The van der Waals surface area contributed by atoms with Gasteiger partial charge in [-0.25, -0.2) is 20.1 Å². The summed E-state index contributed by atoms with van der Waals surface area (Å²) >= 11 is 1.20. The van der Waals surface area contributed by atoms with Crippen molar-refractivity contribution in [3.05, 3.63) is 47.4 Å². The lowest BCUT2D eigenvalue weighted by atomic mass is 9.99. The number of hydrogen-bond donors (Lipinski definition) is 5. The van der Waals surface area contributed by atoms with Gasteiger partial charge in [-0.15, -0.1) is 0 Å². The number of pyridine rings is 1. The maximum atomic E-state index is 14.8. The van der Waals surface area contributed by atoms with Crippen LogP contribution in [0.5, 0.6) is 0 Å². The molecule has 1 fully saturated rings. The fourth-order valence-electron chi connectivity index (χ4n) is 3.71. The van der Waals surface area contributed by atoms with E-state index in [1.165, 1.54) is 30.4 Å². The van der Waals surface area contributed by atoms with Crippen molar-refractivity contribution >= 4 is 34.3 Å². The Kier molecular flexibility index (Phi) is 9.58. The second-order valence-corrected chi connectivity index (χ2v) is 8.75. The standard InChI is InChI=1S/C22H30FN7O2S/c1-32-30-16-7-8-19(33-22(29-25)26-10-4-9-24)17(12-16)21(31)28-20-18(23)11-15(13-27-20)14-5-2-3-6-14/h7-8,11-14,30H,2-6,9-10,24-25H2,1H3,(H,26,29)(H,27,28,31)/p+1. The Labute approximate surface area is 196 Å². The Hall–Kier alpha value is -2.57. The number of nitrogens with one attached hydrogen (secondary N) is 2. The maximum absolute atomic E-state index is 14.8. The topological polar surface area (TPSA) is 144 Å². The minimum absolute atomic E-state index is 0.104. The van der Waals surface area contributed by atoms with Crippen LogP contribution in [0.3, 0.4) is 0 Å². The van der Waals surface area contributed by atoms with Gasteiger partial charge in [-0.2, -0.15) is 5.48 Å². The lowest BCUT2D eigenvalue weighted by Gasteiger charge is -2.13. The van der Waals surface area contributed by atoms with E-state index in [0.29, 0.717) is 46.7 Å². The van der Waals surface area contributed by atoms with E-state index < -0.39 is 11.7 Å². The van der Waals surface area contributed by atoms with Crippen LogP contribution in [-0.2, 0) is 4.84 Å². The number of nitrogens with two attached hydrogens (primary N) is 3. The summed E-state index contributed by atoms with van der Waals surface area (Å²) in [6.45, 7) is 1.02. The summed E-state index contributed by atoms with van der Waals surface area (Å²) in [4.78, 5) is 27.3. The van der Waals surface area contributed by atoms with Crippen LogP contribution < -0.4 is 27.8 Å². The highest BCUT2D eigenvalue weighted by molar-refractivity contribution is 8.13. The summed E-state index contributed by atoms with van der Waals surface area (Å²) < 4.78 is 14.8. The monoisotopic (exact) mass is 476 g/mol. The number of carbonyl (C=O) groups excluding carboxylic acids is 1. The summed E-state index contributed by atoms with van der Waals surface area (Å²) in [5, 5.41) is 3.03. The number of rotatable bonds is 9. The molecule has 178 valence electrons. The lowest BCUT2D eigenvalue weighted by molar-refractivity contribution is -0.830. The fraction of sp³-hybridized carbons (Fsp3) is 0.409. The summed E-state index contributed by atoms with van der Waals surface area (Å²) in [6, 6.07) is 6.68. The Morgan fingerprint density at radius 1 is 1.36 bits per heavy atom. The molecular weight excluding hydrogens is 445 g/mol. The van der Waals surface area contributed by atoms with Crippen molar-refractivity contribution in [1.82, 2.24) is 10.4 Å². The molecule has 11 heteroatoms. The molecule has 8 N–H and O–H groups in total. The van der Waals surface area contributed by atoms with E-state index in [0.717, 1.165) is 31.2 Å². The molecule has 33 heavy (non-hydrogen) atoms. The van der Waals surface area contributed by atoms with Crippen molar-refractivity contribution < 1.29 is 19.5 Å². The largest absolute Gasteiger partial charge is 0.330 e. The van der Waals surface area contributed by atoms with E-state index in [2.05, 4.69) is 20.7 Å². The second-order valence-electron chi connectivity index (χ2n) is 7.72. The Balaban J connectivity index is 1.82. The number of aromatic nitrogens is 1. The van der Waals surface area contributed by atoms with Gasteiger partial charge in [0.1, 0.15) is 0 Å². The van der Waals surface area contributed by atoms with Crippen LogP contribution in [0, 0.1) is 5.82 Å². The number of benzene rings is 1. The van der Waals surface area contributed by atoms with Crippen LogP contribution in [0.15, 0.2) is 40.4 Å². The zero-order valence-corrected chi connectivity index (χ0v) is 19.5. The Morgan fingerprint density at radius 2 is 2.15 bits per heavy atom. The van der Waals surface area contributed by atoms with E-state index in [9.17, 15) is 9.18 Å². The van der Waals surface area contributed by atoms with Gasteiger partial charge in [-0.3, -0.25) is 9.79 Å². The number of hydrazine groups is 1. The van der Waals surface area contributed by atoms with Crippen molar-refractivity contribution in [3.63, 3.8) is 0 Å². The summed E-state index contributed by atoms with van der Waals surface area (Å²) in [7, 11) is 1.52. The number of carbonyl (C=O) groups is 1. The molecule has 1 aromatic heterocycles. The molecule has 0 radical (unpaired) electrons. The molecule has 1 amide bonds. The molecule has 0 saturated heterocycles. The van der Waals surface area contributed by atoms with Crippen molar-refractivity contribution in [3.8, 4) is 0 Å². The average Bonchev–Trinajstić information content (AvgIpc) is 3.36. The molecule has 1 aromatic carbocycles. The Bertz CT molecular complexity index is 983. The molecule has 1 heterocycles. The van der Waals surface area contributed by atoms with Crippen molar-refractivity contribution in [1.29, 1.82) is 0 Å². The molecule has 0 bridgehead atoms. The minimum atomic E-state index is -0.547. The Morgan fingerprint density at radius 3 is 2.82 bits per heavy atom. The van der Waals surface area contributed by atoms with Crippen LogP contribution in [0.2, 0.25) is 0 Å². The average molecular weight is 477 g/mol. The predicted octanol–water partition coefficient (Wildman–Crippen LogP) is 2.15. The van der Waals surface area contributed by atoms with E-state index >= 15 is 0 Å². The van der Waals surface area contributed by atoms with E-state index in [4.69, 9.17) is 16.4 Å². The van der Waals surface area contributed by atoms with Crippen molar-refractivity contribution in [2.24, 2.45) is 16.6 Å². The molecule has 0 unspecified atom stereocenters. The summed E-state index contributed by atoms with van der Waals surface area (Å²) in [5.41, 5.74) is 11.4. The van der Waals surface area contributed by atoms with Crippen LogP contribution in [-0.4, -0.2) is 36.3 Å². The van der Waals surface area contributed by atoms with Gasteiger partial charge in [0.2, 0.25) is 0 Å². The van der Waals surface area contributed by atoms with Gasteiger partial charge in [-0.05, 0) is 49.4 Å². The van der Waals surface area contributed by atoms with E-state index in [-0.39, 0.29) is 5.82 Å². The first-order chi connectivity index (χ1) is 16.0. The van der Waals surface area contributed by atoms with Crippen molar-refractivity contribution in [2.45, 2.75) is 42.9 Å². The first-order valence-corrected chi connectivity index (χ1v) is 11.7. The number of quaternary nitrogens is 1.